The van der Waals surface area contributed by atoms with Crippen LogP contribution in [0.25, 0.3) is 0 Å². The number of primary amides is 1. The van der Waals surface area contributed by atoms with Gasteiger partial charge in [0.2, 0.25) is 11.8 Å². The van der Waals surface area contributed by atoms with E-state index in [-0.39, 0.29) is 29.2 Å². The number of amides is 2. The van der Waals surface area contributed by atoms with E-state index in [0.29, 0.717) is 31.6 Å². The molecule has 1 heterocycles. The molecular formula is C22H27N3O4S. The van der Waals surface area contributed by atoms with Crippen LogP contribution in [0.5, 0.6) is 0 Å². The van der Waals surface area contributed by atoms with Crippen molar-refractivity contribution < 1.29 is 18.0 Å². The molecule has 0 saturated carbocycles. The van der Waals surface area contributed by atoms with Crippen LogP contribution in [0.1, 0.15) is 24.0 Å². The molecule has 0 bridgehead atoms. The number of aryl methyl sites for hydroxylation is 2. The zero-order valence-corrected chi connectivity index (χ0v) is 18.1. The summed E-state index contributed by atoms with van der Waals surface area (Å²) in [6.45, 7) is 4.17. The molecule has 7 nitrogen and oxygen atoms in total. The van der Waals surface area contributed by atoms with Crippen molar-refractivity contribution in [2.45, 2.75) is 31.6 Å². The molecule has 8 heteroatoms. The standard InChI is InChI=1S/C22H27N3O4S/c1-16-7-9-19(10-8-16)30(28,29)25(20-6-4-3-5-17(20)2)15-21(26)24-13-11-18(12-14-24)22(23)27/h3-10,18H,11-15H2,1-2H3,(H2,23,27). The predicted octanol–water partition coefficient (Wildman–Crippen LogP) is 2.22. The second-order valence-electron chi connectivity index (χ2n) is 7.67. The summed E-state index contributed by atoms with van der Waals surface area (Å²) < 4.78 is 28.1. The highest BCUT2D eigenvalue weighted by atomic mass is 32.2. The zero-order chi connectivity index (χ0) is 21.9. The molecule has 2 aromatic rings. The van der Waals surface area contributed by atoms with Gasteiger partial charge >= 0.3 is 0 Å². The molecule has 2 aromatic carbocycles. The number of nitrogens with two attached hydrogens (primary N) is 1. The largest absolute Gasteiger partial charge is 0.369 e. The quantitative estimate of drug-likeness (QED) is 0.761. The average molecular weight is 430 g/mol. The number of anilines is 1. The first kappa shape index (κ1) is 21.8. The molecular weight excluding hydrogens is 402 g/mol. The minimum absolute atomic E-state index is 0.136. The first-order chi connectivity index (χ1) is 14.2. The molecule has 2 amide bonds. The Kier molecular flexibility index (Phi) is 6.45. The van der Waals surface area contributed by atoms with Crippen molar-refractivity contribution in [2.75, 3.05) is 23.9 Å². The van der Waals surface area contributed by atoms with E-state index in [2.05, 4.69) is 0 Å². The van der Waals surface area contributed by atoms with Gasteiger partial charge in [-0.3, -0.25) is 13.9 Å². The van der Waals surface area contributed by atoms with E-state index in [9.17, 15) is 18.0 Å². The Bertz CT molecular complexity index is 1030. The summed E-state index contributed by atoms with van der Waals surface area (Å²) in [7, 11) is -3.94. The van der Waals surface area contributed by atoms with Crippen molar-refractivity contribution in [3.63, 3.8) is 0 Å². The van der Waals surface area contributed by atoms with Gasteiger partial charge in [-0.25, -0.2) is 8.42 Å². The van der Waals surface area contributed by atoms with Gasteiger partial charge in [-0.1, -0.05) is 35.9 Å². The number of carbonyl (C=O) groups is 2. The second-order valence-corrected chi connectivity index (χ2v) is 9.53. The van der Waals surface area contributed by atoms with Crippen molar-refractivity contribution in [2.24, 2.45) is 11.7 Å². The third kappa shape index (κ3) is 4.64. The maximum absolute atomic E-state index is 13.4. The SMILES string of the molecule is Cc1ccc(S(=O)(=O)N(CC(=O)N2CCC(C(N)=O)CC2)c2ccccc2C)cc1. The number of hydrogen-bond acceptors (Lipinski definition) is 4. The Morgan fingerprint density at radius 1 is 1.03 bits per heavy atom. The highest BCUT2D eigenvalue weighted by molar-refractivity contribution is 7.92. The van der Waals surface area contributed by atoms with Crippen LogP contribution >= 0.6 is 0 Å². The summed E-state index contributed by atoms with van der Waals surface area (Å²) in [4.78, 5) is 26.1. The maximum Gasteiger partial charge on any atom is 0.264 e. The molecule has 0 aliphatic carbocycles. The van der Waals surface area contributed by atoms with E-state index < -0.39 is 10.0 Å². The third-order valence-electron chi connectivity index (χ3n) is 5.52. The molecule has 1 saturated heterocycles. The number of hydrogen-bond donors (Lipinski definition) is 1. The van der Waals surface area contributed by atoms with Gasteiger partial charge in [-0.05, 0) is 50.5 Å². The molecule has 0 radical (unpaired) electrons. The Balaban J connectivity index is 1.89. The van der Waals surface area contributed by atoms with E-state index in [1.54, 1.807) is 41.3 Å². The number of para-hydroxylation sites is 1. The molecule has 2 N–H and O–H groups in total. The van der Waals surface area contributed by atoms with Crippen LogP contribution < -0.4 is 10.0 Å². The lowest BCUT2D eigenvalue weighted by atomic mass is 9.96. The molecule has 160 valence electrons. The van der Waals surface area contributed by atoms with Crippen molar-refractivity contribution >= 4 is 27.5 Å². The first-order valence-electron chi connectivity index (χ1n) is 9.92. The topological polar surface area (TPSA) is 101 Å². The normalized spacial score (nSPS) is 15.1. The van der Waals surface area contributed by atoms with Gasteiger partial charge in [-0.15, -0.1) is 0 Å². The molecule has 30 heavy (non-hydrogen) atoms. The first-order valence-corrected chi connectivity index (χ1v) is 11.4. The van der Waals surface area contributed by atoms with Crippen LogP contribution in [-0.4, -0.2) is 44.8 Å². The van der Waals surface area contributed by atoms with Crippen molar-refractivity contribution in [1.29, 1.82) is 0 Å². The fraction of sp³-hybridized carbons (Fsp3) is 0.364. The molecule has 0 unspecified atom stereocenters. The van der Waals surface area contributed by atoms with Crippen molar-refractivity contribution in [1.82, 2.24) is 4.90 Å². The van der Waals surface area contributed by atoms with E-state index in [1.165, 1.54) is 4.31 Å². The monoisotopic (exact) mass is 429 g/mol. The lowest BCUT2D eigenvalue weighted by Crippen LogP contribution is -2.47. The number of piperidine rings is 1. The molecule has 0 spiro atoms. The van der Waals surface area contributed by atoms with Gasteiger partial charge in [0.15, 0.2) is 0 Å². The van der Waals surface area contributed by atoms with Crippen LogP contribution in [0.2, 0.25) is 0 Å². The Morgan fingerprint density at radius 2 is 1.63 bits per heavy atom. The summed E-state index contributed by atoms with van der Waals surface area (Å²) in [6.07, 6.45) is 0.992. The molecule has 1 fully saturated rings. The van der Waals surface area contributed by atoms with Gasteiger partial charge in [0.05, 0.1) is 10.6 Å². The van der Waals surface area contributed by atoms with Gasteiger partial charge in [0.1, 0.15) is 6.54 Å². The summed E-state index contributed by atoms with van der Waals surface area (Å²) in [5.74, 6) is -0.889. The van der Waals surface area contributed by atoms with Crippen molar-refractivity contribution in [3.8, 4) is 0 Å². The van der Waals surface area contributed by atoms with E-state index in [1.807, 2.05) is 26.0 Å². The van der Waals surface area contributed by atoms with Crippen LogP contribution in [0.15, 0.2) is 53.4 Å². The fourth-order valence-electron chi connectivity index (χ4n) is 3.62. The van der Waals surface area contributed by atoms with Gasteiger partial charge in [0.25, 0.3) is 10.0 Å². The summed E-state index contributed by atoms with van der Waals surface area (Å²) in [5.41, 5.74) is 7.54. The van der Waals surface area contributed by atoms with Crippen molar-refractivity contribution in [3.05, 3.63) is 59.7 Å². The maximum atomic E-state index is 13.4. The predicted molar refractivity (Wildman–Crippen MR) is 115 cm³/mol. The summed E-state index contributed by atoms with van der Waals surface area (Å²) in [5, 5.41) is 0. The van der Waals surface area contributed by atoms with Crippen LogP contribution in [0.3, 0.4) is 0 Å². The average Bonchev–Trinajstić information content (AvgIpc) is 2.73. The Labute approximate surface area is 177 Å². The Hall–Kier alpha value is -2.87. The van der Waals surface area contributed by atoms with Crippen LogP contribution in [-0.2, 0) is 19.6 Å². The van der Waals surface area contributed by atoms with Crippen LogP contribution in [0, 0.1) is 19.8 Å². The molecule has 0 atom stereocenters. The molecule has 1 aliphatic heterocycles. The van der Waals surface area contributed by atoms with Crippen LogP contribution in [0.4, 0.5) is 5.69 Å². The van der Waals surface area contributed by atoms with Gasteiger partial charge < -0.3 is 10.6 Å². The van der Waals surface area contributed by atoms with Gasteiger partial charge in [-0.2, -0.15) is 0 Å². The lowest BCUT2D eigenvalue weighted by Gasteiger charge is -2.33. The minimum atomic E-state index is -3.94. The molecule has 1 aliphatic rings. The minimum Gasteiger partial charge on any atom is -0.369 e. The number of benzene rings is 2. The zero-order valence-electron chi connectivity index (χ0n) is 17.2. The number of rotatable bonds is 6. The fourth-order valence-corrected chi connectivity index (χ4v) is 5.10. The highest BCUT2D eigenvalue weighted by Crippen LogP contribution is 2.27. The number of nitrogens with zero attached hydrogens (tertiary/aromatic N) is 2. The van der Waals surface area contributed by atoms with E-state index in [0.717, 1.165) is 11.1 Å². The molecule has 3 rings (SSSR count). The van der Waals surface area contributed by atoms with E-state index in [4.69, 9.17) is 5.73 Å². The third-order valence-corrected chi connectivity index (χ3v) is 7.30. The highest BCUT2D eigenvalue weighted by Gasteiger charge is 2.32. The smallest absolute Gasteiger partial charge is 0.264 e. The second kappa shape index (κ2) is 8.87. The number of sulfonamides is 1. The number of likely N-dealkylation sites (tertiary alicyclic amines) is 1. The summed E-state index contributed by atoms with van der Waals surface area (Å²) in [6, 6.07) is 13.7. The Morgan fingerprint density at radius 3 is 2.20 bits per heavy atom. The summed E-state index contributed by atoms with van der Waals surface area (Å²) >= 11 is 0. The van der Waals surface area contributed by atoms with E-state index >= 15 is 0 Å². The number of carbonyl (C=O) groups excluding carboxylic acids is 2. The molecule has 0 aromatic heterocycles. The van der Waals surface area contributed by atoms with Gasteiger partial charge in [0, 0.05) is 19.0 Å². The lowest BCUT2D eigenvalue weighted by molar-refractivity contribution is -0.133.